The van der Waals surface area contributed by atoms with Gasteiger partial charge in [-0.05, 0) is 59.4 Å². The van der Waals surface area contributed by atoms with Crippen molar-refractivity contribution >= 4 is 11.6 Å². The van der Waals surface area contributed by atoms with Crippen LogP contribution in [0.1, 0.15) is 5.69 Å². The van der Waals surface area contributed by atoms with Crippen LogP contribution in [0.5, 0.6) is 11.5 Å². The second-order valence-corrected chi connectivity index (χ2v) is 8.69. The van der Waals surface area contributed by atoms with Crippen molar-refractivity contribution in [2.75, 3.05) is 7.05 Å². The normalized spacial score (nSPS) is 13.8. The highest BCUT2D eigenvalue weighted by molar-refractivity contribution is 5.86. The van der Waals surface area contributed by atoms with E-state index in [1.165, 1.54) is 18.3 Å². The molecule has 0 bridgehead atoms. The molecule has 0 N–H and O–H groups in total. The van der Waals surface area contributed by atoms with E-state index in [0.29, 0.717) is 23.1 Å². The molecule has 1 aliphatic heterocycles. The molecular formula is C28H17F4N7O. The number of imidazole rings is 1. The number of aromatic nitrogens is 4. The van der Waals surface area contributed by atoms with Crippen molar-refractivity contribution in [3.63, 3.8) is 0 Å². The zero-order valence-corrected chi connectivity index (χ0v) is 20.6. The van der Waals surface area contributed by atoms with Gasteiger partial charge in [0.2, 0.25) is 0 Å². The molecule has 0 atom stereocenters. The molecule has 0 aliphatic carbocycles. The standard InChI is InChI=1S/C28H17F4N7O/c1-39-24-5-3-18(40-19-8-11-34-23(14-19)26-35-15-25(38-26)28(30,31)32)13-22(24)37-27(39)36-21-12-17(2-4-20(21)29)16-6-9-33-10-7-16/h2-15H,1H3. The van der Waals surface area contributed by atoms with E-state index >= 15 is 0 Å². The van der Waals surface area contributed by atoms with E-state index in [0.717, 1.165) is 16.5 Å². The summed E-state index contributed by atoms with van der Waals surface area (Å²) in [6.45, 7) is 0. The van der Waals surface area contributed by atoms with Crippen molar-refractivity contribution in [3.8, 4) is 34.1 Å². The number of aliphatic imine (C=N–C) groups is 1. The van der Waals surface area contributed by atoms with Gasteiger partial charge in [0.15, 0.2) is 16.9 Å². The molecule has 1 aliphatic rings. The number of fused-ring (bicyclic) bond motifs is 1. The van der Waals surface area contributed by atoms with Crippen molar-refractivity contribution in [1.29, 1.82) is 0 Å². The first-order valence-corrected chi connectivity index (χ1v) is 11.8. The maximum atomic E-state index is 14.6. The molecular weight excluding hydrogens is 526 g/mol. The van der Waals surface area contributed by atoms with E-state index in [4.69, 9.17) is 4.74 Å². The van der Waals surface area contributed by atoms with Crippen LogP contribution in [0.3, 0.4) is 0 Å². The Balaban J connectivity index is 1.28. The number of nitrogens with zero attached hydrogens (tertiary/aromatic N) is 7. The highest BCUT2D eigenvalue weighted by Gasteiger charge is 2.28. The van der Waals surface area contributed by atoms with Crippen LogP contribution in [0.2, 0.25) is 0 Å². The van der Waals surface area contributed by atoms with Crippen LogP contribution in [0.25, 0.3) is 22.6 Å². The van der Waals surface area contributed by atoms with Gasteiger partial charge in [-0.25, -0.2) is 8.97 Å². The summed E-state index contributed by atoms with van der Waals surface area (Å²) in [5, 5.41) is 1.28. The Bertz CT molecular complexity index is 1900. The van der Waals surface area contributed by atoms with Crippen LogP contribution in [-0.4, -0.2) is 28.0 Å². The SMILES string of the molecule is C[N+]1=c2ccc(Oc3ccnc(-c4nc(C(F)(F)F)c[n-]4)c3)cc2=NC1=Nc1cc(-c2ccncc2)ccc1F. The number of halogens is 4. The molecule has 0 saturated carbocycles. The molecule has 5 aromatic rings. The maximum Gasteiger partial charge on any atom is 0.434 e. The summed E-state index contributed by atoms with van der Waals surface area (Å²) in [5.41, 5.74) is 0.834. The average Bonchev–Trinajstić information content (AvgIpc) is 3.56. The maximum absolute atomic E-state index is 14.6. The second-order valence-electron chi connectivity index (χ2n) is 8.69. The number of pyridine rings is 2. The largest absolute Gasteiger partial charge is 0.457 e. The molecule has 3 aromatic heterocycles. The van der Waals surface area contributed by atoms with Crippen molar-refractivity contribution in [3.05, 3.63) is 108 Å². The summed E-state index contributed by atoms with van der Waals surface area (Å²) in [4.78, 5) is 24.3. The first-order valence-electron chi connectivity index (χ1n) is 11.8. The van der Waals surface area contributed by atoms with Crippen molar-refractivity contribution in [2.24, 2.45) is 9.98 Å². The lowest BCUT2D eigenvalue weighted by Crippen LogP contribution is -2.32. The minimum absolute atomic E-state index is 0.129. The number of ether oxygens (including phenoxy) is 1. The molecule has 2 aromatic carbocycles. The molecule has 6 rings (SSSR count). The first kappa shape index (κ1) is 25.0. The van der Waals surface area contributed by atoms with Crippen LogP contribution < -0.4 is 25.0 Å². The number of guanidine groups is 1. The molecule has 0 unspecified atom stereocenters. The third-order valence-electron chi connectivity index (χ3n) is 6.03. The van der Waals surface area contributed by atoms with Crippen LogP contribution in [0.4, 0.5) is 23.2 Å². The van der Waals surface area contributed by atoms with E-state index < -0.39 is 17.7 Å². The fourth-order valence-corrected chi connectivity index (χ4v) is 4.05. The summed E-state index contributed by atoms with van der Waals surface area (Å²) in [7, 11) is 1.77. The second kappa shape index (κ2) is 9.80. The Morgan fingerprint density at radius 2 is 1.70 bits per heavy atom. The van der Waals surface area contributed by atoms with Crippen molar-refractivity contribution in [1.82, 2.24) is 24.5 Å². The minimum atomic E-state index is -4.60. The molecule has 0 radical (unpaired) electrons. The molecule has 198 valence electrons. The van der Waals surface area contributed by atoms with Gasteiger partial charge in [-0.15, -0.1) is 0 Å². The van der Waals surface area contributed by atoms with Gasteiger partial charge in [-0.2, -0.15) is 13.2 Å². The van der Waals surface area contributed by atoms with Crippen LogP contribution in [0.15, 0.2) is 95.4 Å². The Labute approximate surface area is 223 Å². The molecule has 4 heterocycles. The van der Waals surface area contributed by atoms with E-state index in [-0.39, 0.29) is 23.2 Å². The van der Waals surface area contributed by atoms with Gasteiger partial charge in [0.1, 0.15) is 16.9 Å². The van der Waals surface area contributed by atoms with Gasteiger partial charge in [-0.3, -0.25) is 9.97 Å². The quantitative estimate of drug-likeness (QED) is 0.240. The molecule has 0 saturated heterocycles. The number of benzene rings is 2. The third kappa shape index (κ3) is 4.94. The monoisotopic (exact) mass is 543 g/mol. The van der Waals surface area contributed by atoms with E-state index in [1.54, 1.807) is 60.4 Å². The van der Waals surface area contributed by atoms with Gasteiger partial charge in [-0.1, -0.05) is 22.2 Å². The number of hydrogen-bond donors (Lipinski definition) is 0. The Morgan fingerprint density at radius 3 is 2.48 bits per heavy atom. The fraction of sp³-hybridized carbons (Fsp3) is 0.0714. The predicted octanol–water partition coefficient (Wildman–Crippen LogP) is 4.55. The van der Waals surface area contributed by atoms with Gasteiger partial charge in [0.05, 0.1) is 12.7 Å². The molecule has 40 heavy (non-hydrogen) atoms. The number of rotatable bonds is 5. The zero-order valence-electron chi connectivity index (χ0n) is 20.6. The summed E-state index contributed by atoms with van der Waals surface area (Å²) in [6.07, 6.45) is 0.762. The molecule has 0 spiro atoms. The van der Waals surface area contributed by atoms with Gasteiger partial charge < -0.3 is 14.7 Å². The van der Waals surface area contributed by atoms with Crippen LogP contribution in [0, 0.1) is 5.82 Å². The molecule has 8 nitrogen and oxygen atoms in total. The highest BCUT2D eigenvalue weighted by atomic mass is 19.4. The lowest BCUT2D eigenvalue weighted by Gasteiger charge is -2.09. The smallest absolute Gasteiger partial charge is 0.434 e. The fourth-order valence-electron chi connectivity index (χ4n) is 4.05. The van der Waals surface area contributed by atoms with Gasteiger partial charge in [0, 0.05) is 36.4 Å². The Hall–Kier alpha value is -5.26. The summed E-state index contributed by atoms with van der Waals surface area (Å²) >= 11 is 0. The Morgan fingerprint density at radius 1 is 0.900 bits per heavy atom. The van der Waals surface area contributed by atoms with Crippen LogP contribution in [-0.2, 0) is 6.18 Å². The lowest BCUT2D eigenvalue weighted by molar-refractivity contribution is -0.140. The minimum Gasteiger partial charge on any atom is -0.457 e. The van der Waals surface area contributed by atoms with Crippen molar-refractivity contribution in [2.45, 2.75) is 6.18 Å². The van der Waals surface area contributed by atoms with Crippen molar-refractivity contribution < 1.29 is 22.3 Å². The topological polar surface area (TPSA) is 89.7 Å². The third-order valence-corrected chi connectivity index (χ3v) is 6.03. The zero-order chi connectivity index (χ0) is 27.9. The summed E-state index contributed by atoms with van der Waals surface area (Å²) in [6, 6.07) is 16.5. The van der Waals surface area contributed by atoms with Gasteiger partial charge in [0.25, 0.3) is 0 Å². The number of alkyl halides is 3. The summed E-state index contributed by atoms with van der Waals surface area (Å²) in [5.74, 6) is 0.374. The first-order chi connectivity index (χ1) is 19.2. The molecule has 0 amide bonds. The van der Waals surface area contributed by atoms with Gasteiger partial charge >= 0.3 is 12.1 Å². The van der Waals surface area contributed by atoms with Crippen LogP contribution >= 0.6 is 0 Å². The lowest BCUT2D eigenvalue weighted by atomic mass is 10.1. The average molecular weight is 543 g/mol. The van der Waals surface area contributed by atoms with E-state index in [9.17, 15) is 17.6 Å². The predicted molar refractivity (Wildman–Crippen MR) is 137 cm³/mol. The van der Waals surface area contributed by atoms with E-state index in [1.807, 2.05) is 12.1 Å². The molecule has 12 heteroatoms. The highest BCUT2D eigenvalue weighted by Crippen LogP contribution is 2.30. The molecule has 0 fully saturated rings. The summed E-state index contributed by atoms with van der Waals surface area (Å²) < 4.78 is 61.0. The van der Waals surface area contributed by atoms with E-state index in [2.05, 4.69) is 29.9 Å². The number of hydrogen-bond acceptors (Lipinski definition) is 5. The Kier molecular flexibility index (Phi) is 6.14.